The summed E-state index contributed by atoms with van der Waals surface area (Å²) in [5.74, 6) is -2.34. The number of carboxylic acid groups (broad SMARTS) is 1. The second-order valence-electron chi connectivity index (χ2n) is 10.6. The molecule has 0 bridgehead atoms. The molecule has 0 radical (unpaired) electrons. The van der Waals surface area contributed by atoms with Crippen LogP contribution in [-0.4, -0.2) is 72.2 Å². The SMILES string of the molecule is CCCC(=O)N1CC[C@](CCCS(=O)(=O)c2ccccc2)(C(=O)O)[C@](C(=O)NC)(c2ccccc2-c2cscn2)N1CC. The van der Waals surface area contributed by atoms with Gasteiger partial charge in [-0.25, -0.2) is 13.4 Å². The zero-order valence-electron chi connectivity index (χ0n) is 24.7. The molecule has 1 aromatic heterocycles. The molecule has 2 amide bonds. The zero-order valence-corrected chi connectivity index (χ0v) is 26.3. The van der Waals surface area contributed by atoms with E-state index in [0.29, 0.717) is 23.2 Å². The summed E-state index contributed by atoms with van der Waals surface area (Å²) in [7, 11) is -2.27. The molecule has 1 aliphatic rings. The van der Waals surface area contributed by atoms with Crippen LogP contribution in [0, 0.1) is 5.41 Å². The summed E-state index contributed by atoms with van der Waals surface area (Å²) in [6.45, 7) is 3.89. The standard InChI is InChI=1S/C31H38N4O6S2/c1-4-12-27(36)34-19-18-30(29(38)39,17-11-20-43(40,41)23-13-7-6-8-14-23)31(28(37)32-3,35(34)5-2)25-16-10-9-15-24(25)26-21-42-22-33-26/h6-10,13-16,21-22H,4-5,11-12,17-20H2,1-3H3,(H,32,37)(H,38,39)/t30-,31-/m1/s1. The Labute approximate surface area is 256 Å². The van der Waals surface area contributed by atoms with Gasteiger partial charge in [0.2, 0.25) is 11.8 Å². The Balaban J connectivity index is 1.97. The van der Waals surface area contributed by atoms with Gasteiger partial charge in [0.05, 0.1) is 21.9 Å². The fourth-order valence-corrected chi connectivity index (χ4v) is 8.31. The summed E-state index contributed by atoms with van der Waals surface area (Å²) in [4.78, 5) is 46.4. The van der Waals surface area contributed by atoms with Crippen molar-refractivity contribution in [2.75, 3.05) is 25.9 Å². The second-order valence-corrected chi connectivity index (χ2v) is 13.4. The van der Waals surface area contributed by atoms with Crippen LogP contribution in [0.15, 0.2) is 70.4 Å². The minimum Gasteiger partial charge on any atom is -0.481 e. The Kier molecular flexibility index (Phi) is 10.0. The van der Waals surface area contributed by atoms with E-state index in [1.54, 1.807) is 59.9 Å². The number of benzene rings is 2. The molecule has 3 aromatic rings. The first-order valence-corrected chi connectivity index (χ1v) is 17.0. The number of aromatic nitrogens is 1. The van der Waals surface area contributed by atoms with Crippen LogP contribution in [0.4, 0.5) is 0 Å². The summed E-state index contributed by atoms with van der Waals surface area (Å²) in [5.41, 5.74) is -0.525. The van der Waals surface area contributed by atoms with Crippen molar-refractivity contribution in [2.24, 2.45) is 5.41 Å². The van der Waals surface area contributed by atoms with Crippen molar-refractivity contribution < 1.29 is 27.9 Å². The van der Waals surface area contributed by atoms with Gasteiger partial charge in [0.15, 0.2) is 15.4 Å². The van der Waals surface area contributed by atoms with Crippen molar-refractivity contribution in [1.82, 2.24) is 20.3 Å². The molecule has 2 atom stereocenters. The van der Waals surface area contributed by atoms with E-state index >= 15 is 0 Å². The maximum Gasteiger partial charge on any atom is 0.312 e. The number of aliphatic carboxylic acids is 1. The van der Waals surface area contributed by atoms with Gasteiger partial charge in [-0.1, -0.05) is 56.3 Å². The van der Waals surface area contributed by atoms with Crippen molar-refractivity contribution in [2.45, 2.75) is 56.4 Å². The number of hydrazine groups is 1. The number of carbonyl (C=O) groups is 3. The lowest BCUT2D eigenvalue weighted by Crippen LogP contribution is -2.75. The van der Waals surface area contributed by atoms with Crippen LogP contribution in [0.3, 0.4) is 0 Å². The van der Waals surface area contributed by atoms with Gasteiger partial charge in [-0.15, -0.1) is 11.3 Å². The molecule has 2 N–H and O–H groups in total. The fourth-order valence-electron chi connectivity index (χ4n) is 6.42. The predicted octanol–water partition coefficient (Wildman–Crippen LogP) is 4.35. The normalized spacial score (nSPS) is 21.0. The first-order chi connectivity index (χ1) is 20.6. The number of thiazole rings is 1. The molecule has 0 aliphatic carbocycles. The van der Waals surface area contributed by atoms with Gasteiger partial charge >= 0.3 is 5.97 Å². The summed E-state index contributed by atoms with van der Waals surface area (Å²) in [6, 6.07) is 15.1. The van der Waals surface area contributed by atoms with Crippen LogP contribution < -0.4 is 5.32 Å². The number of hydrogen-bond donors (Lipinski definition) is 2. The molecule has 1 fully saturated rings. The molecule has 43 heavy (non-hydrogen) atoms. The lowest BCUT2D eigenvalue weighted by Gasteiger charge is -2.59. The molecule has 12 heteroatoms. The van der Waals surface area contributed by atoms with E-state index in [-0.39, 0.29) is 55.3 Å². The molecule has 0 saturated carbocycles. The number of carbonyl (C=O) groups excluding carboxylic acids is 2. The highest BCUT2D eigenvalue weighted by molar-refractivity contribution is 7.91. The first-order valence-electron chi connectivity index (χ1n) is 14.4. The smallest absolute Gasteiger partial charge is 0.312 e. The molecule has 10 nitrogen and oxygen atoms in total. The van der Waals surface area contributed by atoms with Gasteiger partial charge in [0.1, 0.15) is 5.41 Å². The van der Waals surface area contributed by atoms with Crippen molar-refractivity contribution in [3.63, 3.8) is 0 Å². The Morgan fingerprint density at radius 2 is 1.77 bits per heavy atom. The van der Waals surface area contributed by atoms with E-state index in [1.807, 2.05) is 12.3 Å². The largest absolute Gasteiger partial charge is 0.481 e. The van der Waals surface area contributed by atoms with Gasteiger partial charge in [-0.3, -0.25) is 19.4 Å². The van der Waals surface area contributed by atoms with Crippen LogP contribution >= 0.6 is 11.3 Å². The summed E-state index contributed by atoms with van der Waals surface area (Å²) >= 11 is 1.37. The van der Waals surface area contributed by atoms with Gasteiger partial charge < -0.3 is 10.4 Å². The lowest BCUT2D eigenvalue weighted by atomic mass is 9.58. The van der Waals surface area contributed by atoms with E-state index in [0.717, 1.165) is 0 Å². The van der Waals surface area contributed by atoms with Crippen LogP contribution in [0.25, 0.3) is 11.3 Å². The topological polar surface area (TPSA) is 137 Å². The third-order valence-electron chi connectivity index (χ3n) is 8.28. The number of rotatable bonds is 12. The monoisotopic (exact) mass is 626 g/mol. The number of sulfone groups is 1. The minimum absolute atomic E-state index is 0.0123. The van der Waals surface area contributed by atoms with Crippen LogP contribution in [-0.2, 0) is 29.8 Å². The van der Waals surface area contributed by atoms with E-state index < -0.39 is 32.7 Å². The molecular formula is C31H38N4O6S2. The van der Waals surface area contributed by atoms with Crippen LogP contribution in [0.2, 0.25) is 0 Å². The predicted molar refractivity (Wildman–Crippen MR) is 165 cm³/mol. The van der Waals surface area contributed by atoms with Crippen molar-refractivity contribution in [3.8, 4) is 11.3 Å². The third-order valence-corrected chi connectivity index (χ3v) is 10.7. The number of carboxylic acids is 1. The van der Waals surface area contributed by atoms with Crippen LogP contribution in [0.5, 0.6) is 0 Å². The molecule has 230 valence electrons. The summed E-state index contributed by atoms with van der Waals surface area (Å²) in [5, 5.41) is 18.8. The first kappa shape index (κ1) is 32.3. The van der Waals surface area contributed by atoms with Gasteiger partial charge in [-0.05, 0) is 43.4 Å². The maximum atomic E-state index is 14.5. The van der Waals surface area contributed by atoms with E-state index in [9.17, 15) is 27.9 Å². The molecule has 0 spiro atoms. The summed E-state index contributed by atoms with van der Waals surface area (Å²) < 4.78 is 26.4. The molecular weight excluding hydrogens is 588 g/mol. The van der Waals surface area contributed by atoms with Crippen molar-refractivity contribution in [1.29, 1.82) is 0 Å². The molecule has 4 rings (SSSR count). The van der Waals surface area contributed by atoms with E-state index in [1.165, 1.54) is 35.5 Å². The number of likely N-dealkylation sites (N-methyl/N-ethyl adjacent to an activating group) is 2. The Bertz CT molecular complexity index is 1550. The molecule has 1 aliphatic heterocycles. The molecule has 0 unspecified atom stereocenters. The average molecular weight is 627 g/mol. The number of amides is 2. The Morgan fingerprint density at radius 1 is 1.07 bits per heavy atom. The van der Waals surface area contributed by atoms with Gasteiger partial charge in [-0.2, -0.15) is 5.01 Å². The minimum atomic E-state index is -3.72. The number of nitrogens with one attached hydrogen (secondary N) is 1. The summed E-state index contributed by atoms with van der Waals surface area (Å²) in [6.07, 6.45) is 0.611. The van der Waals surface area contributed by atoms with E-state index in [4.69, 9.17) is 0 Å². The molecule has 2 heterocycles. The second kappa shape index (κ2) is 13.4. The van der Waals surface area contributed by atoms with E-state index in [2.05, 4.69) is 10.3 Å². The quantitative estimate of drug-likeness (QED) is 0.303. The van der Waals surface area contributed by atoms with Crippen molar-refractivity contribution in [3.05, 3.63) is 71.1 Å². The fraction of sp³-hybridized carbons (Fsp3) is 0.419. The highest BCUT2D eigenvalue weighted by Crippen LogP contribution is 2.56. The third kappa shape index (κ3) is 5.71. The Hall–Kier alpha value is -3.61. The average Bonchev–Trinajstić information content (AvgIpc) is 3.55. The molecule has 2 aromatic carbocycles. The van der Waals surface area contributed by atoms with Gasteiger partial charge in [0.25, 0.3) is 0 Å². The zero-order chi connectivity index (χ0) is 31.3. The van der Waals surface area contributed by atoms with Gasteiger partial charge in [0, 0.05) is 37.5 Å². The number of hydrogen-bond acceptors (Lipinski definition) is 8. The maximum absolute atomic E-state index is 14.5. The van der Waals surface area contributed by atoms with Crippen molar-refractivity contribution >= 4 is 39.0 Å². The highest BCUT2D eigenvalue weighted by atomic mass is 32.2. The highest BCUT2D eigenvalue weighted by Gasteiger charge is 2.68. The lowest BCUT2D eigenvalue weighted by molar-refractivity contribution is -0.221. The van der Waals surface area contributed by atoms with Crippen LogP contribution in [0.1, 0.15) is 51.5 Å². The Morgan fingerprint density at radius 3 is 2.37 bits per heavy atom. The number of nitrogens with zero attached hydrogens (tertiary/aromatic N) is 3. The molecule has 1 saturated heterocycles.